The van der Waals surface area contributed by atoms with Crippen LogP contribution in [0.15, 0.2) is 40.5 Å². The minimum Gasteiger partial charge on any atom is -0.444 e. The molecule has 2 fully saturated rings. The van der Waals surface area contributed by atoms with Crippen LogP contribution in [0.2, 0.25) is 0 Å². The highest BCUT2D eigenvalue weighted by molar-refractivity contribution is 6.05. The predicted octanol–water partition coefficient (Wildman–Crippen LogP) is 3.38. The van der Waals surface area contributed by atoms with Gasteiger partial charge in [0.05, 0.1) is 18.2 Å². The number of amides is 2. The second kappa shape index (κ2) is 7.78. The monoisotopic (exact) mass is 410 g/mol. The Morgan fingerprint density at radius 2 is 1.93 bits per heavy atom. The Kier molecular flexibility index (Phi) is 5.30. The lowest BCUT2D eigenvalue weighted by Gasteiger charge is -2.38. The summed E-state index contributed by atoms with van der Waals surface area (Å²) in [5.74, 6) is 0.553. The Morgan fingerprint density at radius 3 is 2.57 bits per heavy atom. The van der Waals surface area contributed by atoms with Gasteiger partial charge in [-0.15, -0.1) is 0 Å². The summed E-state index contributed by atoms with van der Waals surface area (Å²) in [4.78, 5) is 31.5. The van der Waals surface area contributed by atoms with Crippen LogP contribution in [0.3, 0.4) is 0 Å². The van der Waals surface area contributed by atoms with Crippen LogP contribution >= 0.6 is 0 Å². The van der Waals surface area contributed by atoms with E-state index in [0.29, 0.717) is 31.1 Å². The molecule has 1 aromatic rings. The summed E-state index contributed by atoms with van der Waals surface area (Å²) >= 11 is 0. The van der Waals surface area contributed by atoms with Crippen molar-refractivity contribution in [2.45, 2.75) is 64.0 Å². The minimum absolute atomic E-state index is 0.105. The normalized spacial score (nSPS) is 23.7. The van der Waals surface area contributed by atoms with Crippen LogP contribution < -0.4 is 11.1 Å². The highest BCUT2D eigenvalue weighted by atomic mass is 16.6. The van der Waals surface area contributed by atoms with Crippen LogP contribution in [-0.2, 0) is 9.53 Å². The maximum absolute atomic E-state index is 12.8. The average molecular weight is 411 g/mol. The molecule has 7 heteroatoms. The van der Waals surface area contributed by atoms with Crippen LogP contribution in [0, 0.1) is 0 Å². The Balaban J connectivity index is 1.65. The van der Waals surface area contributed by atoms with Crippen molar-refractivity contribution in [3.8, 4) is 0 Å². The molecule has 0 radical (unpaired) electrons. The average Bonchev–Trinajstić information content (AvgIpc) is 3.50. The molecule has 2 amide bonds. The van der Waals surface area contributed by atoms with E-state index in [0.717, 1.165) is 17.0 Å². The van der Waals surface area contributed by atoms with Crippen molar-refractivity contribution >= 4 is 23.4 Å². The van der Waals surface area contributed by atoms with E-state index in [9.17, 15) is 9.59 Å². The van der Waals surface area contributed by atoms with Crippen LogP contribution in [0.5, 0.6) is 0 Å². The molecule has 160 valence electrons. The first kappa shape index (κ1) is 20.4. The fourth-order valence-electron chi connectivity index (χ4n) is 4.07. The highest BCUT2D eigenvalue weighted by Gasteiger charge is 2.39. The van der Waals surface area contributed by atoms with E-state index in [-0.39, 0.29) is 18.4 Å². The number of hydrogen-bond donors (Lipinski definition) is 2. The second-order valence-electron chi connectivity index (χ2n) is 9.28. The van der Waals surface area contributed by atoms with Gasteiger partial charge in [-0.3, -0.25) is 14.7 Å². The zero-order valence-electron chi connectivity index (χ0n) is 17.9. The first-order valence-corrected chi connectivity index (χ1v) is 10.6. The molecule has 1 atom stereocenters. The number of carbonyl (C=O) groups excluding carboxylic acids is 2. The maximum Gasteiger partial charge on any atom is 0.410 e. The molecule has 0 bridgehead atoms. The van der Waals surface area contributed by atoms with E-state index < -0.39 is 11.7 Å². The van der Waals surface area contributed by atoms with Crippen LogP contribution in [0.1, 0.15) is 57.9 Å². The van der Waals surface area contributed by atoms with E-state index in [4.69, 9.17) is 15.5 Å². The number of ether oxygens (including phenoxy) is 1. The molecule has 0 aromatic heterocycles. The van der Waals surface area contributed by atoms with Crippen molar-refractivity contribution < 1.29 is 14.3 Å². The largest absolute Gasteiger partial charge is 0.444 e. The van der Waals surface area contributed by atoms with E-state index in [1.54, 1.807) is 4.90 Å². The van der Waals surface area contributed by atoms with Gasteiger partial charge >= 0.3 is 6.09 Å². The van der Waals surface area contributed by atoms with E-state index >= 15 is 0 Å². The van der Waals surface area contributed by atoms with Gasteiger partial charge in [-0.05, 0) is 57.2 Å². The summed E-state index contributed by atoms with van der Waals surface area (Å²) in [5.41, 5.74) is 10.1. The summed E-state index contributed by atoms with van der Waals surface area (Å²) in [6.07, 6.45) is 2.79. The maximum atomic E-state index is 12.8. The molecule has 1 unspecified atom stereocenters. The van der Waals surface area contributed by atoms with E-state index in [2.05, 4.69) is 17.4 Å². The second-order valence-corrected chi connectivity index (χ2v) is 9.28. The van der Waals surface area contributed by atoms with Gasteiger partial charge in [0.1, 0.15) is 5.60 Å². The zero-order valence-corrected chi connectivity index (χ0v) is 17.9. The first-order valence-electron chi connectivity index (χ1n) is 10.6. The van der Waals surface area contributed by atoms with E-state index in [1.165, 1.54) is 18.4 Å². The van der Waals surface area contributed by atoms with Gasteiger partial charge in [-0.25, -0.2) is 4.79 Å². The molecule has 2 aliphatic heterocycles. The van der Waals surface area contributed by atoms with Crippen molar-refractivity contribution in [2.75, 3.05) is 13.1 Å². The van der Waals surface area contributed by atoms with E-state index in [1.807, 2.05) is 32.9 Å². The molecule has 2 heterocycles. The number of benzene rings is 1. The van der Waals surface area contributed by atoms with Crippen molar-refractivity contribution in [2.24, 2.45) is 10.7 Å². The van der Waals surface area contributed by atoms with Gasteiger partial charge in [0.25, 0.3) is 0 Å². The standard InChI is InChI=1S/C23H30N4O3/c1-23(2,3)30-22(29)27-11-10-18(21-17(24)12-20(28)25-13-19(21)27)26-16-8-6-15(7-9-16)14-4-5-14/h6-9,14,19H,4-5,10-13,24H2,1-3H3,(H,25,28). The molecule has 3 N–H and O–H groups in total. The predicted molar refractivity (Wildman–Crippen MR) is 116 cm³/mol. The number of nitrogens with one attached hydrogen (secondary N) is 1. The number of nitrogens with zero attached hydrogens (tertiary/aromatic N) is 2. The topological polar surface area (TPSA) is 97.0 Å². The molecular formula is C23H30N4O3. The quantitative estimate of drug-likeness (QED) is 0.781. The molecule has 1 saturated heterocycles. The summed E-state index contributed by atoms with van der Waals surface area (Å²) in [6, 6.07) is 7.96. The van der Waals surface area contributed by atoms with Gasteiger partial charge in [0.15, 0.2) is 0 Å². The Hall–Kier alpha value is -2.83. The third-order valence-corrected chi connectivity index (χ3v) is 5.63. The van der Waals surface area contributed by atoms with Crippen LogP contribution in [-0.4, -0.2) is 47.3 Å². The summed E-state index contributed by atoms with van der Waals surface area (Å²) in [6.45, 7) is 6.28. The lowest BCUT2D eigenvalue weighted by Crippen LogP contribution is -2.53. The van der Waals surface area contributed by atoms with Gasteiger partial charge in [0, 0.05) is 36.5 Å². The Labute approximate surface area is 177 Å². The fraction of sp³-hybridized carbons (Fsp3) is 0.522. The lowest BCUT2D eigenvalue weighted by atomic mass is 9.91. The third-order valence-electron chi connectivity index (χ3n) is 5.63. The number of hydrogen-bond acceptors (Lipinski definition) is 5. The van der Waals surface area contributed by atoms with Crippen LogP contribution in [0.25, 0.3) is 0 Å². The highest BCUT2D eigenvalue weighted by Crippen LogP contribution is 2.40. The van der Waals surface area contributed by atoms with Crippen molar-refractivity contribution in [3.63, 3.8) is 0 Å². The van der Waals surface area contributed by atoms with Gasteiger partial charge in [-0.2, -0.15) is 0 Å². The lowest BCUT2D eigenvalue weighted by molar-refractivity contribution is -0.120. The molecule has 1 aliphatic carbocycles. The minimum atomic E-state index is -0.599. The number of aliphatic imine (C=N–C) groups is 1. The molecule has 7 nitrogen and oxygen atoms in total. The fourth-order valence-corrected chi connectivity index (χ4v) is 4.07. The van der Waals surface area contributed by atoms with Gasteiger partial charge in [-0.1, -0.05) is 12.1 Å². The number of fused-ring (bicyclic) bond motifs is 1. The summed E-state index contributed by atoms with van der Waals surface area (Å²) in [5, 5.41) is 2.87. The molecule has 4 rings (SSSR count). The zero-order chi connectivity index (χ0) is 21.5. The van der Waals surface area contributed by atoms with Crippen molar-refractivity contribution in [1.29, 1.82) is 0 Å². The first-order chi connectivity index (χ1) is 14.2. The van der Waals surface area contributed by atoms with Gasteiger partial charge < -0.3 is 15.8 Å². The summed E-state index contributed by atoms with van der Waals surface area (Å²) < 4.78 is 5.60. The molecule has 30 heavy (non-hydrogen) atoms. The van der Waals surface area contributed by atoms with Crippen LogP contribution in [0.4, 0.5) is 10.5 Å². The molecule has 3 aliphatic rings. The Morgan fingerprint density at radius 1 is 1.23 bits per heavy atom. The molecular weight excluding hydrogens is 380 g/mol. The smallest absolute Gasteiger partial charge is 0.410 e. The number of likely N-dealkylation sites (tertiary alicyclic amines) is 1. The molecule has 1 aromatic carbocycles. The number of piperidine rings is 1. The molecule has 0 spiro atoms. The SMILES string of the molecule is CC(C)(C)OC(=O)N1CCC(=Nc2ccc(C3CC3)cc2)C2=C(N)CC(=O)NCC21. The summed E-state index contributed by atoms with van der Waals surface area (Å²) in [7, 11) is 0. The Bertz CT molecular complexity index is 907. The van der Waals surface area contributed by atoms with Gasteiger partial charge in [0.2, 0.25) is 5.91 Å². The van der Waals surface area contributed by atoms with Crippen molar-refractivity contribution in [1.82, 2.24) is 10.2 Å². The van der Waals surface area contributed by atoms with Crippen molar-refractivity contribution in [3.05, 3.63) is 41.1 Å². The third kappa shape index (κ3) is 4.50. The molecule has 1 saturated carbocycles. The number of rotatable bonds is 2. The number of carbonyl (C=O) groups is 2. The number of nitrogens with two attached hydrogens (primary N) is 1.